The fraction of sp³-hybridized carbons (Fsp3) is 0.400. The van der Waals surface area contributed by atoms with Crippen LogP contribution in [0.25, 0.3) is 0 Å². The molecule has 0 saturated heterocycles. The second-order valence-electron chi connectivity index (χ2n) is 3.28. The Balaban J connectivity index is 0.000000980. The molecule has 78 valence electrons. The highest BCUT2D eigenvalue weighted by Crippen LogP contribution is 2.26. The van der Waals surface area contributed by atoms with E-state index in [2.05, 4.69) is 5.32 Å². The van der Waals surface area contributed by atoms with Gasteiger partial charge in [0, 0.05) is 10.0 Å². The number of rotatable bonds is 0. The van der Waals surface area contributed by atoms with E-state index >= 15 is 0 Å². The SMILES string of the molecule is Cl.Clc1cc(Cl)c2c(c1)CCNCC2. The molecular formula is C10H12Cl3N. The summed E-state index contributed by atoms with van der Waals surface area (Å²) in [6.07, 6.45) is 2.03. The maximum absolute atomic E-state index is 6.11. The Morgan fingerprint density at radius 2 is 1.79 bits per heavy atom. The predicted molar refractivity (Wildman–Crippen MR) is 64.0 cm³/mol. The van der Waals surface area contributed by atoms with Crippen molar-refractivity contribution >= 4 is 35.6 Å². The zero-order chi connectivity index (χ0) is 9.26. The molecule has 0 aromatic heterocycles. The Hall–Kier alpha value is 0.0500. The lowest BCUT2D eigenvalue weighted by Crippen LogP contribution is -2.16. The van der Waals surface area contributed by atoms with E-state index in [1.807, 2.05) is 12.1 Å². The van der Waals surface area contributed by atoms with Gasteiger partial charge in [-0.2, -0.15) is 0 Å². The maximum Gasteiger partial charge on any atom is 0.0456 e. The van der Waals surface area contributed by atoms with Crippen LogP contribution in [0.3, 0.4) is 0 Å². The van der Waals surface area contributed by atoms with Gasteiger partial charge in [0.05, 0.1) is 0 Å². The molecule has 1 aromatic carbocycles. The highest BCUT2D eigenvalue weighted by molar-refractivity contribution is 6.35. The number of hydrogen-bond acceptors (Lipinski definition) is 1. The minimum atomic E-state index is 0. The van der Waals surface area contributed by atoms with Crippen molar-refractivity contribution in [3.05, 3.63) is 33.3 Å². The van der Waals surface area contributed by atoms with Crippen molar-refractivity contribution in [3.63, 3.8) is 0 Å². The van der Waals surface area contributed by atoms with E-state index < -0.39 is 0 Å². The average molecular weight is 253 g/mol. The summed E-state index contributed by atoms with van der Waals surface area (Å²) in [5.41, 5.74) is 2.55. The van der Waals surface area contributed by atoms with Gasteiger partial charge in [0.1, 0.15) is 0 Å². The molecule has 2 rings (SSSR count). The molecule has 1 aliphatic rings. The van der Waals surface area contributed by atoms with E-state index in [9.17, 15) is 0 Å². The standard InChI is InChI=1S/C10H11Cl2N.ClH/c11-8-5-7-1-3-13-4-2-9(7)10(12)6-8;/h5-6,13H,1-4H2;1H. The molecular weight excluding hydrogens is 240 g/mol. The first kappa shape index (κ1) is 12.1. The molecule has 0 fully saturated rings. The maximum atomic E-state index is 6.11. The van der Waals surface area contributed by atoms with E-state index in [-0.39, 0.29) is 12.4 Å². The second-order valence-corrected chi connectivity index (χ2v) is 4.12. The molecule has 4 heteroatoms. The van der Waals surface area contributed by atoms with Crippen LogP contribution in [0.2, 0.25) is 10.0 Å². The van der Waals surface area contributed by atoms with Crippen molar-refractivity contribution in [1.29, 1.82) is 0 Å². The molecule has 0 atom stereocenters. The molecule has 0 bridgehead atoms. The van der Waals surface area contributed by atoms with Crippen LogP contribution in [-0.2, 0) is 12.8 Å². The molecule has 14 heavy (non-hydrogen) atoms. The van der Waals surface area contributed by atoms with E-state index in [0.29, 0.717) is 0 Å². The third kappa shape index (κ3) is 2.54. The quantitative estimate of drug-likeness (QED) is 0.748. The van der Waals surface area contributed by atoms with Crippen molar-refractivity contribution in [2.24, 2.45) is 0 Å². The van der Waals surface area contributed by atoms with Crippen LogP contribution < -0.4 is 5.32 Å². The van der Waals surface area contributed by atoms with Crippen LogP contribution in [0, 0.1) is 0 Å². The first-order valence-corrected chi connectivity index (χ1v) is 5.20. The van der Waals surface area contributed by atoms with Crippen LogP contribution in [0.15, 0.2) is 12.1 Å². The molecule has 0 unspecified atom stereocenters. The Bertz CT molecular complexity index is 325. The van der Waals surface area contributed by atoms with Gasteiger partial charge in [-0.25, -0.2) is 0 Å². The van der Waals surface area contributed by atoms with Gasteiger partial charge in [-0.1, -0.05) is 23.2 Å². The van der Waals surface area contributed by atoms with Gasteiger partial charge >= 0.3 is 0 Å². The molecule has 0 saturated carbocycles. The van der Waals surface area contributed by atoms with Crippen molar-refractivity contribution < 1.29 is 0 Å². The number of hydrogen-bond donors (Lipinski definition) is 1. The third-order valence-electron chi connectivity index (χ3n) is 2.38. The van der Waals surface area contributed by atoms with Crippen molar-refractivity contribution in [3.8, 4) is 0 Å². The topological polar surface area (TPSA) is 12.0 Å². The summed E-state index contributed by atoms with van der Waals surface area (Å²) in [5.74, 6) is 0. The van der Waals surface area contributed by atoms with Crippen LogP contribution in [0.1, 0.15) is 11.1 Å². The summed E-state index contributed by atoms with van der Waals surface area (Å²) in [7, 11) is 0. The van der Waals surface area contributed by atoms with Crippen molar-refractivity contribution in [2.75, 3.05) is 13.1 Å². The zero-order valence-corrected chi connectivity index (χ0v) is 9.98. The van der Waals surface area contributed by atoms with Gasteiger partial charge in [0.15, 0.2) is 0 Å². The van der Waals surface area contributed by atoms with Gasteiger partial charge in [0.2, 0.25) is 0 Å². The molecule has 0 aliphatic carbocycles. The fourth-order valence-electron chi connectivity index (χ4n) is 1.72. The molecule has 0 amide bonds. The summed E-state index contributed by atoms with van der Waals surface area (Å²) in [5, 5.41) is 4.89. The molecule has 0 spiro atoms. The highest BCUT2D eigenvalue weighted by Gasteiger charge is 2.11. The highest BCUT2D eigenvalue weighted by atomic mass is 35.5. The molecule has 1 N–H and O–H groups in total. The molecule has 1 nitrogen and oxygen atoms in total. The lowest BCUT2D eigenvalue weighted by molar-refractivity contribution is 0.711. The van der Waals surface area contributed by atoms with Gasteiger partial charge in [-0.15, -0.1) is 12.4 Å². The van der Waals surface area contributed by atoms with Gasteiger partial charge in [-0.05, 0) is 49.2 Å². The smallest absolute Gasteiger partial charge is 0.0456 e. The number of benzene rings is 1. The Labute approximate surface area is 100 Å². The number of fused-ring (bicyclic) bond motifs is 1. The summed E-state index contributed by atoms with van der Waals surface area (Å²) in [6, 6.07) is 3.85. The Morgan fingerprint density at radius 3 is 2.57 bits per heavy atom. The summed E-state index contributed by atoms with van der Waals surface area (Å²) in [4.78, 5) is 0. The number of halogens is 3. The van der Waals surface area contributed by atoms with Gasteiger partial charge < -0.3 is 5.32 Å². The summed E-state index contributed by atoms with van der Waals surface area (Å²) < 4.78 is 0. The lowest BCUT2D eigenvalue weighted by Gasteiger charge is -2.07. The van der Waals surface area contributed by atoms with E-state index in [0.717, 1.165) is 36.0 Å². The van der Waals surface area contributed by atoms with E-state index in [4.69, 9.17) is 23.2 Å². The predicted octanol–water partition coefficient (Wildman–Crippen LogP) is 3.10. The monoisotopic (exact) mass is 251 g/mol. The minimum absolute atomic E-state index is 0. The van der Waals surface area contributed by atoms with Crippen molar-refractivity contribution in [2.45, 2.75) is 12.8 Å². The zero-order valence-electron chi connectivity index (χ0n) is 7.65. The van der Waals surface area contributed by atoms with Crippen molar-refractivity contribution in [1.82, 2.24) is 5.32 Å². The normalized spacial score (nSPS) is 15.3. The number of nitrogens with one attached hydrogen (secondary N) is 1. The third-order valence-corrected chi connectivity index (χ3v) is 2.93. The minimum Gasteiger partial charge on any atom is -0.316 e. The molecule has 0 radical (unpaired) electrons. The Kier molecular flexibility index (Phi) is 4.52. The second kappa shape index (κ2) is 5.22. The molecule has 1 heterocycles. The van der Waals surface area contributed by atoms with Gasteiger partial charge in [-0.3, -0.25) is 0 Å². The van der Waals surface area contributed by atoms with E-state index in [1.54, 1.807) is 0 Å². The summed E-state index contributed by atoms with van der Waals surface area (Å²) >= 11 is 12.0. The Morgan fingerprint density at radius 1 is 1.07 bits per heavy atom. The first-order chi connectivity index (χ1) is 6.27. The van der Waals surface area contributed by atoms with Crippen LogP contribution >= 0.6 is 35.6 Å². The largest absolute Gasteiger partial charge is 0.316 e. The van der Waals surface area contributed by atoms with Gasteiger partial charge in [0.25, 0.3) is 0 Å². The van der Waals surface area contributed by atoms with E-state index in [1.165, 1.54) is 11.1 Å². The van der Waals surface area contributed by atoms with Crippen LogP contribution in [0.5, 0.6) is 0 Å². The lowest BCUT2D eigenvalue weighted by atomic mass is 10.0. The first-order valence-electron chi connectivity index (χ1n) is 4.45. The fourth-order valence-corrected chi connectivity index (χ4v) is 2.35. The summed E-state index contributed by atoms with van der Waals surface area (Å²) in [6.45, 7) is 2.03. The average Bonchev–Trinajstić information content (AvgIpc) is 2.28. The van der Waals surface area contributed by atoms with Crippen LogP contribution in [0.4, 0.5) is 0 Å². The van der Waals surface area contributed by atoms with Crippen LogP contribution in [-0.4, -0.2) is 13.1 Å². The molecule has 1 aromatic rings. The molecule has 1 aliphatic heterocycles.